The van der Waals surface area contributed by atoms with Crippen molar-refractivity contribution in [2.45, 2.75) is 39.0 Å². The van der Waals surface area contributed by atoms with Gasteiger partial charge in [-0.2, -0.15) is 5.10 Å². The van der Waals surface area contributed by atoms with Crippen molar-refractivity contribution in [3.8, 4) is 28.6 Å². The van der Waals surface area contributed by atoms with Crippen LogP contribution in [0.1, 0.15) is 31.0 Å². The van der Waals surface area contributed by atoms with Gasteiger partial charge in [-0.25, -0.2) is 8.42 Å². The maximum Gasteiger partial charge on any atom is 0.243 e. The summed E-state index contributed by atoms with van der Waals surface area (Å²) in [6.45, 7) is 7.23. The van der Waals surface area contributed by atoms with E-state index in [1.54, 1.807) is 59.9 Å². The molecular weight excluding hydrogens is 482 g/mol. The zero-order valence-corrected chi connectivity index (χ0v) is 21.8. The number of pyridine rings is 1. The molecule has 0 aliphatic rings. The van der Waals surface area contributed by atoms with E-state index in [1.807, 2.05) is 26.1 Å². The number of aryl methyl sites for hydroxylation is 2. The third kappa shape index (κ3) is 4.76. The van der Waals surface area contributed by atoms with Gasteiger partial charge in [0.05, 0.1) is 31.7 Å². The fourth-order valence-corrected chi connectivity index (χ4v) is 5.04. The van der Waals surface area contributed by atoms with Gasteiger partial charge in [0.25, 0.3) is 0 Å². The van der Waals surface area contributed by atoms with Crippen LogP contribution in [-0.2, 0) is 10.0 Å². The van der Waals surface area contributed by atoms with Crippen molar-refractivity contribution < 1.29 is 17.9 Å². The zero-order valence-electron chi connectivity index (χ0n) is 21.0. The average Bonchev–Trinajstić information content (AvgIpc) is 3.48. The van der Waals surface area contributed by atoms with Crippen LogP contribution in [0.25, 0.3) is 17.1 Å². The molecule has 0 spiro atoms. The van der Waals surface area contributed by atoms with E-state index in [9.17, 15) is 8.42 Å². The second-order valence-corrected chi connectivity index (χ2v) is 10.6. The highest BCUT2D eigenvalue weighted by Crippen LogP contribution is 2.38. The predicted octanol–water partition coefficient (Wildman–Crippen LogP) is 3.55. The number of benzene rings is 1. The van der Waals surface area contributed by atoms with E-state index >= 15 is 0 Å². The minimum atomic E-state index is -3.93. The summed E-state index contributed by atoms with van der Waals surface area (Å²) in [5.41, 5.74) is 2.95. The van der Waals surface area contributed by atoms with Crippen LogP contribution in [0.4, 0.5) is 5.95 Å². The second kappa shape index (κ2) is 9.97. The van der Waals surface area contributed by atoms with Gasteiger partial charge < -0.3 is 9.47 Å². The van der Waals surface area contributed by atoms with Crippen molar-refractivity contribution >= 4 is 16.0 Å². The maximum atomic E-state index is 13.5. The lowest BCUT2D eigenvalue weighted by Gasteiger charge is -2.22. The first kappa shape index (κ1) is 25.2. The third-order valence-electron chi connectivity index (χ3n) is 5.97. The van der Waals surface area contributed by atoms with E-state index in [0.29, 0.717) is 28.6 Å². The molecule has 36 heavy (non-hydrogen) atoms. The van der Waals surface area contributed by atoms with Gasteiger partial charge in [-0.3, -0.25) is 19.0 Å². The van der Waals surface area contributed by atoms with Crippen molar-refractivity contribution in [2.75, 3.05) is 18.9 Å². The summed E-state index contributed by atoms with van der Waals surface area (Å²) < 4.78 is 44.0. The molecule has 1 aromatic carbocycles. The predicted molar refractivity (Wildman–Crippen MR) is 136 cm³/mol. The Bertz CT molecular complexity index is 1460. The van der Waals surface area contributed by atoms with Gasteiger partial charge in [0, 0.05) is 24.2 Å². The normalized spacial score (nSPS) is 13.3. The number of aromatic nitrogens is 6. The highest BCUT2D eigenvalue weighted by Gasteiger charge is 2.31. The van der Waals surface area contributed by atoms with E-state index in [-0.39, 0.29) is 5.95 Å². The van der Waals surface area contributed by atoms with Gasteiger partial charge in [-0.15, -0.1) is 10.2 Å². The molecule has 4 aromatic rings. The van der Waals surface area contributed by atoms with Crippen LogP contribution in [0.3, 0.4) is 0 Å². The van der Waals surface area contributed by atoms with Gasteiger partial charge in [-0.05, 0) is 57.0 Å². The van der Waals surface area contributed by atoms with E-state index < -0.39 is 21.3 Å². The molecule has 0 bridgehead atoms. The number of methoxy groups -OCH3 is 2. The molecule has 0 saturated heterocycles. The summed E-state index contributed by atoms with van der Waals surface area (Å²) in [6, 6.07) is 6.73. The number of ether oxygens (including phenoxy) is 2. The molecule has 3 aromatic heterocycles. The van der Waals surface area contributed by atoms with Gasteiger partial charge in [0.2, 0.25) is 16.0 Å². The Labute approximate surface area is 210 Å². The molecule has 0 saturated carbocycles. The zero-order chi connectivity index (χ0) is 26.0. The maximum absolute atomic E-state index is 13.5. The van der Waals surface area contributed by atoms with Crippen LogP contribution < -0.4 is 14.2 Å². The standard InChI is InChI=1S/C24H29N7O4S/c1-15-10-19(13-25-11-15)23-27-28-24(31(23)22-20(34-5)8-7-9-21(22)35-6)29-36(32,33)18(4)17(3)30-14-16(2)12-26-30/h7-14,17-18H,1-6H3,(H,28,29)/t17-,18+/m0/s1. The van der Waals surface area contributed by atoms with Gasteiger partial charge in [-0.1, -0.05) is 6.07 Å². The molecule has 0 amide bonds. The molecule has 0 unspecified atom stereocenters. The van der Waals surface area contributed by atoms with Crippen LogP contribution in [-0.4, -0.2) is 57.4 Å². The summed E-state index contributed by atoms with van der Waals surface area (Å²) >= 11 is 0. The number of para-hydroxylation sites is 1. The molecular formula is C24H29N7O4S. The lowest BCUT2D eigenvalue weighted by molar-refractivity contribution is 0.391. The van der Waals surface area contributed by atoms with Crippen molar-refractivity contribution in [3.05, 3.63) is 60.2 Å². The average molecular weight is 512 g/mol. The molecule has 4 rings (SSSR count). The number of nitrogens with one attached hydrogen (secondary N) is 1. The van der Waals surface area contributed by atoms with Crippen molar-refractivity contribution in [1.29, 1.82) is 0 Å². The number of nitrogens with zero attached hydrogens (tertiary/aromatic N) is 6. The topological polar surface area (TPSA) is 126 Å². The van der Waals surface area contributed by atoms with E-state index in [1.165, 1.54) is 14.2 Å². The van der Waals surface area contributed by atoms with Gasteiger partial charge in [0.1, 0.15) is 17.2 Å². The molecule has 12 heteroatoms. The Hall–Kier alpha value is -3.93. The molecule has 190 valence electrons. The Balaban J connectivity index is 1.85. The Kier molecular flexibility index (Phi) is 6.97. The van der Waals surface area contributed by atoms with E-state index in [4.69, 9.17) is 9.47 Å². The number of anilines is 1. The third-order valence-corrected chi connectivity index (χ3v) is 7.81. The highest BCUT2D eigenvalue weighted by atomic mass is 32.2. The molecule has 0 radical (unpaired) electrons. The van der Waals surface area contributed by atoms with Gasteiger partial charge >= 0.3 is 0 Å². The largest absolute Gasteiger partial charge is 0.494 e. The molecule has 1 N–H and O–H groups in total. The molecule has 11 nitrogen and oxygen atoms in total. The first-order valence-electron chi connectivity index (χ1n) is 11.3. The van der Waals surface area contributed by atoms with Crippen LogP contribution >= 0.6 is 0 Å². The minimum Gasteiger partial charge on any atom is -0.494 e. The Morgan fingerprint density at radius 2 is 1.67 bits per heavy atom. The molecule has 3 heterocycles. The smallest absolute Gasteiger partial charge is 0.243 e. The molecule has 0 aliphatic carbocycles. The van der Waals surface area contributed by atoms with Crippen LogP contribution in [0.2, 0.25) is 0 Å². The molecule has 2 atom stereocenters. The van der Waals surface area contributed by atoms with Crippen LogP contribution in [0.15, 0.2) is 49.1 Å². The lowest BCUT2D eigenvalue weighted by atomic mass is 10.2. The van der Waals surface area contributed by atoms with Crippen LogP contribution in [0.5, 0.6) is 11.5 Å². The van der Waals surface area contributed by atoms with Crippen molar-refractivity contribution in [1.82, 2.24) is 29.5 Å². The Morgan fingerprint density at radius 3 is 2.25 bits per heavy atom. The SMILES string of the molecule is COc1cccc(OC)c1-n1c(NS(=O)(=O)[C@H](C)[C@H](C)n2cc(C)cn2)nnc1-c1cncc(C)c1. The monoisotopic (exact) mass is 511 g/mol. The van der Waals surface area contributed by atoms with Crippen molar-refractivity contribution in [3.63, 3.8) is 0 Å². The lowest BCUT2D eigenvalue weighted by Crippen LogP contribution is -2.33. The van der Waals surface area contributed by atoms with Crippen LogP contribution in [0, 0.1) is 13.8 Å². The number of rotatable bonds is 9. The van der Waals surface area contributed by atoms with Gasteiger partial charge in [0.15, 0.2) is 5.82 Å². The fourth-order valence-electron chi connectivity index (χ4n) is 3.83. The first-order chi connectivity index (χ1) is 17.2. The fraction of sp³-hybridized carbons (Fsp3) is 0.333. The van der Waals surface area contributed by atoms with E-state index in [2.05, 4.69) is 25.0 Å². The summed E-state index contributed by atoms with van der Waals surface area (Å²) in [6.07, 6.45) is 6.85. The Morgan fingerprint density at radius 1 is 0.972 bits per heavy atom. The molecule has 0 aliphatic heterocycles. The summed E-state index contributed by atoms with van der Waals surface area (Å²) in [5, 5.41) is 12.0. The summed E-state index contributed by atoms with van der Waals surface area (Å²) in [4.78, 5) is 4.26. The summed E-state index contributed by atoms with van der Waals surface area (Å²) in [7, 11) is -0.882. The number of sulfonamides is 1. The highest BCUT2D eigenvalue weighted by molar-refractivity contribution is 7.93. The number of hydrogen-bond acceptors (Lipinski definition) is 8. The van der Waals surface area contributed by atoms with Crippen molar-refractivity contribution in [2.24, 2.45) is 0 Å². The summed E-state index contributed by atoms with van der Waals surface area (Å²) in [5.74, 6) is 1.26. The molecule has 0 fully saturated rings. The minimum absolute atomic E-state index is 0.00926. The number of hydrogen-bond donors (Lipinski definition) is 1. The second-order valence-electron chi connectivity index (χ2n) is 8.54. The van der Waals surface area contributed by atoms with E-state index in [0.717, 1.165) is 11.1 Å². The quantitative estimate of drug-likeness (QED) is 0.362. The first-order valence-corrected chi connectivity index (χ1v) is 12.8.